The lowest BCUT2D eigenvalue weighted by Gasteiger charge is -2.31. The smallest absolute Gasteiger partial charge is 0.167 e. The Kier molecular flexibility index (Phi) is 1.49. The van der Waals surface area contributed by atoms with Crippen LogP contribution in [-0.4, -0.2) is 11.8 Å². The van der Waals surface area contributed by atoms with Gasteiger partial charge in [-0.15, -0.1) is 0 Å². The van der Waals surface area contributed by atoms with E-state index >= 15 is 0 Å². The van der Waals surface area contributed by atoms with Gasteiger partial charge >= 0.3 is 0 Å². The van der Waals surface area contributed by atoms with Crippen LogP contribution >= 0.6 is 0 Å². The number of rotatable bonds is 1. The van der Waals surface area contributed by atoms with Crippen molar-refractivity contribution in [1.29, 1.82) is 0 Å². The van der Waals surface area contributed by atoms with Crippen LogP contribution in [0.1, 0.15) is 33.6 Å². The largest absolute Gasteiger partial charge is 0.296 e. The lowest BCUT2D eigenvalue weighted by Crippen LogP contribution is -2.34. The number of hydrogen-bond acceptors (Lipinski definition) is 3. The quantitative estimate of drug-likeness (QED) is 0.582. The maximum absolute atomic E-state index is 11.8. The van der Waals surface area contributed by atoms with E-state index in [4.69, 9.17) is 0 Å². The van der Waals surface area contributed by atoms with Crippen LogP contribution in [0.5, 0.6) is 0 Å². The molecule has 3 unspecified atom stereocenters. The first kappa shape index (κ1) is 8.85. The van der Waals surface area contributed by atoms with Gasteiger partial charge in [-0.1, -0.05) is 25.9 Å². The molecular weight excluding hydrogens is 166 g/mol. The van der Waals surface area contributed by atoms with Gasteiger partial charge < -0.3 is 0 Å². The highest BCUT2D eigenvalue weighted by molar-refractivity contribution is 5.94. The Bertz CT molecular complexity index is 285. The summed E-state index contributed by atoms with van der Waals surface area (Å²) >= 11 is 0. The minimum absolute atomic E-state index is 0.0390. The number of Topliss-reactive ketones (excluding diaryl/α,β-unsaturated/α-hetero) is 1. The van der Waals surface area contributed by atoms with Crippen LogP contribution in [0.3, 0.4) is 0 Å². The number of nitroso groups, excluding NO2 is 1. The highest BCUT2D eigenvalue weighted by Gasteiger charge is 2.67. The number of nitrogens with zero attached hydrogens (tertiary/aromatic N) is 1. The second-order valence-corrected chi connectivity index (χ2v) is 5.11. The Labute approximate surface area is 77.9 Å². The van der Waals surface area contributed by atoms with Crippen molar-refractivity contribution in [3.63, 3.8) is 0 Å². The molecule has 0 aromatic heterocycles. The summed E-state index contributed by atoms with van der Waals surface area (Å²) in [5.74, 6) is 0.256. The molecule has 0 N–H and O–H groups in total. The van der Waals surface area contributed by atoms with Gasteiger partial charge in [0.25, 0.3) is 0 Å². The Morgan fingerprint density at radius 1 is 1.38 bits per heavy atom. The average molecular weight is 181 g/mol. The highest BCUT2D eigenvalue weighted by Crippen LogP contribution is 2.64. The van der Waals surface area contributed by atoms with Crippen molar-refractivity contribution < 1.29 is 4.79 Å². The maximum atomic E-state index is 11.8. The van der Waals surface area contributed by atoms with Gasteiger partial charge in [0.1, 0.15) is 0 Å². The summed E-state index contributed by atoms with van der Waals surface area (Å²) in [6, 6.07) is -0.561. The molecule has 0 aliphatic heterocycles. The fourth-order valence-corrected chi connectivity index (χ4v) is 3.16. The highest BCUT2D eigenvalue weighted by atomic mass is 16.3. The van der Waals surface area contributed by atoms with Gasteiger partial charge in [-0.25, -0.2) is 0 Å². The van der Waals surface area contributed by atoms with E-state index in [9.17, 15) is 9.70 Å². The van der Waals surface area contributed by atoms with Crippen molar-refractivity contribution >= 4 is 5.78 Å². The third-order valence-corrected chi connectivity index (χ3v) is 4.61. The summed E-state index contributed by atoms with van der Waals surface area (Å²) in [4.78, 5) is 22.4. The maximum Gasteiger partial charge on any atom is 0.167 e. The standard InChI is InChI=1S/C10H15NO2/c1-9(2)6-4-5-10(9,3)8(12)7(6)11-13/h6-7H,4-5H2,1-3H3. The number of hydrogen-bond donors (Lipinski definition) is 0. The zero-order valence-electron chi connectivity index (χ0n) is 8.33. The number of fused-ring (bicyclic) bond motifs is 2. The lowest BCUT2D eigenvalue weighted by atomic mass is 9.70. The molecule has 2 saturated carbocycles. The monoisotopic (exact) mass is 181 g/mol. The molecule has 0 aromatic carbocycles. The minimum atomic E-state index is -0.561. The predicted molar refractivity (Wildman–Crippen MR) is 49.2 cm³/mol. The van der Waals surface area contributed by atoms with E-state index in [2.05, 4.69) is 19.0 Å². The molecule has 0 radical (unpaired) electrons. The summed E-state index contributed by atoms with van der Waals surface area (Å²) < 4.78 is 0. The second-order valence-electron chi connectivity index (χ2n) is 5.11. The van der Waals surface area contributed by atoms with E-state index in [-0.39, 0.29) is 22.5 Å². The van der Waals surface area contributed by atoms with Crippen molar-refractivity contribution in [2.75, 3.05) is 0 Å². The summed E-state index contributed by atoms with van der Waals surface area (Å²) in [5, 5.41) is 2.99. The van der Waals surface area contributed by atoms with Crippen molar-refractivity contribution in [1.82, 2.24) is 0 Å². The van der Waals surface area contributed by atoms with Gasteiger partial charge in [0.05, 0.1) is 0 Å². The first-order valence-corrected chi connectivity index (χ1v) is 4.82. The lowest BCUT2D eigenvalue weighted by molar-refractivity contribution is -0.129. The van der Waals surface area contributed by atoms with Gasteiger partial charge in [0.2, 0.25) is 0 Å². The van der Waals surface area contributed by atoms with Crippen LogP contribution in [0, 0.1) is 21.7 Å². The van der Waals surface area contributed by atoms with E-state index in [0.717, 1.165) is 12.8 Å². The van der Waals surface area contributed by atoms with Crippen LogP contribution in [0.2, 0.25) is 0 Å². The molecule has 2 bridgehead atoms. The van der Waals surface area contributed by atoms with Crippen LogP contribution in [-0.2, 0) is 4.79 Å². The zero-order valence-corrected chi connectivity index (χ0v) is 8.33. The molecule has 0 amide bonds. The van der Waals surface area contributed by atoms with Crippen LogP contribution in [0.15, 0.2) is 5.18 Å². The fraction of sp³-hybridized carbons (Fsp3) is 0.900. The van der Waals surface area contributed by atoms with Crippen molar-refractivity contribution in [3.05, 3.63) is 4.91 Å². The summed E-state index contributed by atoms with van der Waals surface area (Å²) in [6.45, 7) is 6.17. The van der Waals surface area contributed by atoms with E-state index in [1.807, 2.05) is 6.92 Å². The first-order valence-electron chi connectivity index (χ1n) is 4.82. The number of carbonyl (C=O) groups is 1. The second kappa shape index (κ2) is 2.20. The average Bonchev–Trinajstić information content (AvgIpc) is 2.36. The van der Waals surface area contributed by atoms with Crippen LogP contribution in [0.25, 0.3) is 0 Å². The van der Waals surface area contributed by atoms with Gasteiger partial charge in [-0.3, -0.25) is 4.79 Å². The molecular formula is C10H15NO2. The zero-order chi connectivity index (χ0) is 9.85. The summed E-state index contributed by atoms with van der Waals surface area (Å²) in [5.41, 5.74) is -0.334. The molecule has 13 heavy (non-hydrogen) atoms. The normalized spacial score (nSPS) is 46.8. The van der Waals surface area contributed by atoms with Gasteiger partial charge in [-0.05, 0) is 24.2 Å². The van der Waals surface area contributed by atoms with Gasteiger partial charge in [0.15, 0.2) is 11.8 Å². The number of ketones is 1. The van der Waals surface area contributed by atoms with Gasteiger partial charge in [-0.2, -0.15) is 4.91 Å². The molecule has 72 valence electrons. The van der Waals surface area contributed by atoms with E-state index in [0.29, 0.717) is 0 Å². The van der Waals surface area contributed by atoms with Crippen molar-refractivity contribution in [2.45, 2.75) is 39.7 Å². The molecule has 3 atom stereocenters. The van der Waals surface area contributed by atoms with Crippen LogP contribution in [0.4, 0.5) is 0 Å². The predicted octanol–water partition coefficient (Wildman–Crippen LogP) is 2.15. The van der Waals surface area contributed by atoms with Gasteiger partial charge in [0, 0.05) is 5.41 Å². The van der Waals surface area contributed by atoms with Crippen molar-refractivity contribution in [3.8, 4) is 0 Å². The molecule has 0 heterocycles. The van der Waals surface area contributed by atoms with Crippen molar-refractivity contribution in [2.24, 2.45) is 21.9 Å². The topological polar surface area (TPSA) is 46.5 Å². The fourth-order valence-electron chi connectivity index (χ4n) is 3.16. The molecule has 3 heteroatoms. The minimum Gasteiger partial charge on any atom is -0.296 e. The van der Waals surface area contributed by atoms with E-state index in [1.165, 1.54) is 0 Å². The molecule has 3 nitrogen and oxygen atoms in total. The molecule has 0 saturated heterocycles. The third-order valence-electron chi connectivity index (χ3n) is 4.61. The molecule has 0 spiro atoms. The molecule has 0 aromatic rings. The number of carbonyl (C=O) groups excluding carboxylic acids is 1. The Hall–Kier alpha value is -0.730. The molecule has 2 aliphatic carbocycles. The first-order chi connectivity index (χ1) is 5.95. The Morgan fingerprint density at radius 3 is 2.31 bits per heavy atom. The van der Waals surface area contributed by atoms with E-state index in [1.54, 1.807) is 0 Å². The summed E-state index contributed by atoms with van der Waals surface area (Å²) in [6.07, 6.45) is 1.90. The van der Waals surface area contributed by atoms with Crippen LogP contribution < -0.4 is 0 Å². The van der Waals surface area contributed by atoms with E-state index < -0.39 is 6.04 Å². The molecule has 2 rings (SSSR count). The Balaban J connectivity index is 2.50. The summed E-state index contributed by atoms with van der Waals surface area (Å²) in [7, 11) is 0. The molecule has 2 fully saturated rings. The molecule has 2 aliphatic rings. The third kappa shape index (κ3) is 0.736. The Morgan fingerprint density at radius 2 is 2.00 bits per heavy atom. The SMILES string of the molecule is CC12CCC(C(N=O)C1=O)C2(C)C.